The molecule has 4 aliphatic heterocycles. The molecule has 4 aliphatic rings. The van der Waals surface area contributed by atoms with Crippen molar-refractivity contribution in [3.8, 4) is 0 Å². The molecule has 2 N–H and O–H groups in total. The highest BCUT2D eigenvalue weighted by Crippen LogP contribution is 2.42. The number of aliphatic hydroxyl groups excluding tert-OH is 1. The van der Waals surface area contributed by atoms with Crippen molar-refractivity contribution in [2.24, 2.45) is 52.5 Å². The maximum absolute atomic E-state index is 15.3. The standard InChI is InChI=1S/C58H94N2O15/c1-32(2)23-49(61)73-54-39(9)52(33(3)21-22-45-28-48(67-14)51(62)42(12)72-45)75-56(64)41(11)53(74-50-24-35(5)60(30-37(7)71-50)57(65)69-31-43-19-17-16-18-20-43)38(8)47(34(4)29-58(13,66)55(63)40(54)10)27-46-26-44(59-68-15)25-36(6)70-46/h16-20,32-42,45-48,50-54,62,66H,21-31H2,1-15H3/b59-44+/t33-,34-,35+,36+,37-,38+,39-,40+,41+,42+,45-,46+,47-,48-,50-,51+,52+,53-,54+,58-/m0/s1. The molecule has 20 atom stereocenters. The highest BCUT2D eigenvalue weighted by molar-refractivity contribution is 5.89. The lowest BCUT2D eigenvalue weighted by Gasteiger charge is -2.44. The monoisotopic (exact) mass is 1060 g/mol. The van der Waals surface area contributed by atoms with Crippen LogP contribution < -0.4 is 0 Å². The van der Waals surface area contributed by atoms with Crippen LogP contribution in [0.5, 0.6) is 0 Å². The van der Waals surface area contributed by atoms with Crippen LogP contribution in [0.3, 0.4) is 0 Å². The number of hydrogen-bond donors (Lipinski definition) is 2. The topological polar surface area (TPSA) is 207 Å². The van der Waals surface area contributed by atoms with Crippen molar-refractivity contribution in [3.05, 3.63) is 35.9 Å². The molecule has 0 aromatic heterocycles. The van der Waals surface area contributed by atoms with Crippen LogP contribution in [0.4, 0.5) is 4.79 Å². The van der Waals surface area contributed by atoms with Gasteiger partial charge in [-0.3, -0.25) is 14.4 Å². The molecule has 1 aromatic rings. The van der Waals surface area contributed by atoms with E-state index in [1.54, 1.807) is 32.8 Å². The van der Waals surface area contributed by atoms with Gasteiger partial charge in [0.15, 0.2) is 12.1 Å². The number of carbonyl (C=O) groups is 4. The zero-order chi connectivity index (χ0) is 55.5. The van der Waals surface area contributed by atoms with Crippen molar-refractivity contribution in [1.82, 2.24) is 4.90 Å². The summed E-state index contributed by atoms with van der Waals surface area (Å²) >= 11 is 0. The minimum Gasteiger partial charge on any atom is -0.461 e. The highest BCUT2D eigenvalue weighted by atomic mass is 16.7. The van der Waals surface area contributed by atoms with Gasteiger partial charge in [-0.25, -0.2) is 4.79 Å². The van der Waals surface area contributed by atoms with Gasteiger partial charge in [-0.2, -0.15) is 0 Å². The molecule has 0 spiro atoms. The summed E-state index contributed by atoms with van der Waals surface area (Å²) in [5.74, 6) is -5.66. The molecule has 75 heavy (non-hydrogen) atoms. The normalized spacial score (nSPS) is 38.7. The first kappa shape index (κ1) is 62.1. The summed E-state index contributed by atoms with van der Waals surface area (Å²) < 4.78 is 51.2. The Labute approximate surface area is 447 Å². The van der Waals surface area contributed by atoms with E-state index in [-0.39, 0.29) is 80.4 Å². The lowest BCUT2D eigenvalue weighted by Crippen LogP contribution is -2.52. The predicted octanol–water partition coefficient (Wildman–Crippen LogP) is 8.85. The summed E-state index contributed by atoms with van der Waals surface area (Å²) in [5.41, 5.74) is -0.153. The second kappa shape index (κ2) is 28.3. The van der Waals surface area contributed by atoms with Gasteiger partial charge in [-0.15, -0.1) is 0 Å². The first-order valence-electron chi connectivity index (χ1n) is 27.9. The molecule has 426 valence electrons. The average Bonchev–Trinajstić information content (AvgIpc) is 3.49. The number of oxime groups is 1. The number of esters is 2. The Morgan fingerprint density at radius 1 is 0.867 bits per heavy atom. The van der Waals surface area contributed by atoms with Crippen LogP contribution in [0.2, 0.25) is 0 Å². The van der Waals surface area contributed by atoms with Crippen LogP contribution in [0.15, 0.2) is 35.5 Å². The number of methoxy groups -OCH3 is 1. The van der Waals surface area contributed by atoms with E-state index in [2.05, 4.69) is 5.16 Å². The molecule has 0 bridgehead atoms. The Balaban J connectivity index is 1.57. The summed E-state index contributed by atoms with van der Waals surface area (Å²) in [6.45, 7) is 24.7. The number of ketones is 1. The van der Waals surface area contributed by atoms with Gasteiger partial charge in [0.25, 0.3) is 0 Å². The van der Waals surface area contributed by atoms with E-state index < -0.39 is 102 Å². The van der Waals surface area contributed by atoms with Crippen molar-refractivity contribution < 1.29 is 72.1 Å². The molecule has 5 rings (SSSR count). The Morgan fingerprint density at radius 3 is 2.21 bits per heavy atom. The van der Waals surface area contributed by atoms with E-state index in [1.165, 1.54) is 7.11 Å². The summed E-state index contributed by atoms with van der Waals surface area (Å²) in [4.78, 5) is 64.6. The summed E-state index contributed by atoms with van der Waals surface area (Å²) in [7, 11) is 3.09. The Kier molecular flexibility index (Phi) is 23.4. The van der Waals surface area contributed by atoms with Gasteiger partial charge in [0.1, 0.15) is 37.6 Å². The predicted molar refractivity (Wildman–Crippen MR) is 282 cm³/mol. The minimum absolute atomic E-state index is 0.0363. The van der Waals surface area contributed by atoms with Crippen molar-refractivity contribution in [3.63, 3.8) is 0 Å². The fourth-order valence-electron chi connectivity index (χ4n) is 12.4. The van der Waals surface area contributed by atoms with Crippen LogP contribution >= 0.6 is 0 Å². The molecule has 0 radical (unpaired) electrons. The van der Waals surface area contributed by atoms with Crippen LogP contribution in [-0.2, 0) is 63.7 Å². The zero-order valence-corrected chi connectivity index (χ0v) is 47.8. The van der Waals surface area contributed by atoms with Crippen LogP contribution in [0.25, 0.3) is 0 Å². The van der Waals surface area contributed by atoms with Crippen molar-refractivity contribution in [2.45, 2.75) is 233 Å². The number of ether oxygens (including phenoxy) is 8. The van der Waals surface area contributed by atoms with Gasteiger partial charge in [0, 0.05) is 51.2 Å². The molecule has 1 aromatic carbocycles. The minimum atomic E-state index is -1.88. The Bertz CT molecular complexity index is 2000. The number of aliphatic hydroxyl groups is 2. The summed E-state index contributed by atoms with van der Waals surface area (Å²) in [5, 5.41) is 27.6. The quantitative estimate of drug-likeness (QED) is 0.0956. The van der Waals surface area contributed by atoms with E-state index >= 15 is 4.79 Å². The molecule has 17 nitrogen and oxygen atoms in total. The fraction of sp³-hybridized carbons (Fsp3) is 0.810. The van der Waals surface area contributed by atoms with Gasteiger partial charge < -0.3 is 57.8 Å². The molecule has 0 unspecified atom stereocenters. The highest BCUT2D eigenvalue weighted by Gasteiger charge is 2.49. The number of hydrogen-bond acceptors (Lipinski definition) is 16. The van der Waals surface area contributed by atoms with Crippen molar-refractivity contribution in [1.29, 1.82) is 0 Å². The third-order valence-electron chi connectivity index (χ3n) is 16.5. The number of benzene rings is 1. The maximum Gasteiger partial charge on any atom is 0.410 e. The molecule has 4 saturated heterocycles. The lowest BCUT2D eigenvalue weighted by atomic mass is 9.69. The third kappa shape index (κ3) is 17.1. The number of amides is 1. The van der Waals surface area contributed by atoms with Crippen LogP contribution in [0, 0.1) is 47.3 Å². The van der Waals surface area contributed by atoms with Crippen molar-refractivity contribution >= 4 is 29.5 Å². The largest absolute Gasteiger partial charge is 0.461 e. The van der Waals surface area contributed by atoms with E-state index in [0.29, 0.717) is 38.5 Å². The molecule has 0 saturated carbocycles. The first-order valence-corrected chi connectivity index (χ1v) is 27.9. The molecular formula is C58H94N2O15. The van der Waals surface area contributed by atoms with E-state index in [1.807, 2.05) is 99.6 Å². The maximum atomic E-state index is 15.3. The Morgan fingerprint density at radius 2 is 1.56 bits per heavy atom. The second-order valence-corrected chi connectivity index (χ2v) is 23.6. The fourth-order valence-corrected chi connectivity index (χ4v) is 12.4. The van der Waals surface area contributed by atoms with Gasteiger partial charge in [0.2, 0.25) is 0 Å². The molecule has 0 aliphatic carbocycles. The second-order valence-electron chi connectivity index (χ2n) is 23.6. The van der Waals surface area contributed by atoms with Gasteiger partial charge >= 0.3 is 18.0 Å². The molecule has 17 heteroatoms. The average molecular weight is 1060 g/mol. The SMILES string of the molecule is CO/N=C1/C[C@H](C[C@@H]2[C@@H](C)[C@H](O[C@H]3C[C@@H](C)N(C(=O)OCc4ccccc4)C[C@H](C)O3)[C@@H](C)C(=O)O[C@H]([C@@H](C)CC[C@H]3C[C@H](OC)[C@H](O)[C@@H](C)O3)[C@H](C)[C@@H](OC(=O)CC(C)C)[C@@H](C)C(=O)[C@@](C)(O)C[C@@H]2C)O[C@H](C)C1. The number of rotatable bonds is 15. The lowest BCUT2D eigenvalue weighted by molar-refractivity contribution is -0.220. The molecule has 1 amide bonds. The van der Waals surface area contributed by atoms with E-state index in [0.717, 1.165) is 11.3 Å². The van der Waals surface area contributed by atoms with Crippen LogP contribution in [0.1, 0.15) is 153 Å². The summed E-state index contributed by atoms with van der Waals surface area (Å²) in [6, 6.07) is 9.11. The number of cyclic esters (lactones) is 1. The summed E-state index contributed by atoms with van der Waals surface area (Å²) in [6.07, 6.45) is -3.55. The smallest absolute Gasteiger partial charge is 0.410 e. The van der Waals surface area contributed by atoms with E-state index in [9.17, 15) is 24.6 Å². The van der Waals surface area contributed by atoms with Gasteiger partial charge in [0.05, 0.1) is 66.8 Å². The molecule has 4 heterocycles. The number of nitrogens with zero attached hydrogens (tertiary/aromatic N) is 2. The molecule has 4 fully saturated rings. The first-order chi connectivity index (χ1) is 35.3. The number of Topliss-reactive ketones (excluding diaryl/α,β-unsaturated/α-hetero) is 1. The van der Waals surface area contributed by atoms with Gasteiger partial charge in [-0.1, -0.05) is 84.0 Å². The Hall–Kier alpha value is -3.71. The number of carbonyl (C=O) groups excluding carboxylic acids is 4. The van der Waals surface area contributed by atoms with Gasteiger partial charge in [-0.05, 0) is 102 Å². The zero-order valence-electron chi connectivity index (χ0n) is 47.8. The van der Waals surface area contributed by atoms with Crippen LogP contribution in [-0.4, -0.2) is 144 Å². The van der Waals surface area contributed by atoms with E-state index in [4.69, 9.17) is 42.7 Å². The van der Waals surface area contributed by atoms with Crippen molar-refractivity contribution in [2.75, 3.05) is 20.8 Å². The molecular weight excluding hydrogens is 965 g/mol. The third-order valence-corrected chi connectivity index (χ3v) is 16.5.